The van der Waals surface area contributed by atoms with Crippen LogP contribution in [0.2, 0.25) is 0 Å². The number of hydrogen-bond acceptors (Lipinski definition) is 3. The molecule has 0 aromatic heterocycles. The Morgan fingerprint density at radius 3 is 2.90 bits per heavy atom. The second kappa shape index (κ2) is 7.28. The van der Waals surface area contributed by atoms with Gasteiger partial charge in [-0.3, -0.25) is 4.90 Å². The number of fused-ring (bicyclic) bond motifs is 1. The molecule has 1 saturated carbocycles. The number of ether oxygens (including phenoxy) is 1. The van der Waals surface area contributed by atoms with E-state index < -0.39 is 0 Å². The van der Waals surface area contributed by atoms with Crippen LogP contribution in [0.3, 0.4) is 0 Å². The second-order valence-corrected chi connectivity index (χ2v) is 6.45. The molecule has 0 bridgehead atoms. The highest BCUT2D eigenvalue weighted by Gasteiger charge is 2.34. The van der Waals surface area contributed by atoms with Crippen LogP contribution in [0, 0.1) is 5.92 Å². The Labute approximate surface area is 128 Å². The summed E-state index contributed by atoms with van der Waals surface area (Å²) in [4.78, 5) is 2.72. The Morgan fingerprint density at radius 2 is 2.00 bits per heavy atom. The molecular formula is C18H28N2O. The van der Waals surface area contributed by atoms with E-state index in [1.807, 2.05) is 24.3 Å². The summed E-state index contributed by atoms with van der Waals surface area (Å²) >= 11 is 0. The lowest BCUT2D eigenvalue weighted by Crippen LogP contribution is -2.43. The van der Waals surface area contributed by atoms with E-state index in [2.05, 4.69) is 4.90 Å². The van der Waals surface area contributed by atoms with Crippen molar-refractivity contribution in [3.63, 3.8) is 0 Å². The second-order valence-electron chi connectivity index (χ2n) is 6.45. The van der Waals surface area contributed by atoms with Crippen molar-refractivity contribution in [1.82, 2.24) is 4.90 Å². The summed E-state index contributed by atoms with van der Waals surface area (Å²) in [6.45, 7) is 3.82. The fraction of sp³-hybridized carbons (Fsp3) is 0.667. The molecule has 21 heavy (non-hydrogen) atoms. The zero-order chi connectivity index (χ0) is 14.5. The van der Waals surface area contributed by atoms with Crippen molar-refractivity contribution in [2.24, 2.45) is 11.7 Å². The fourth-order valence-corrected chi connectivity index (χ4v) is 4.10. The molecule has 3 nitrogen and oxygen atoms in total. The molecule has 1 saturated heterocycles. The van der Waals surface area contributed by atoms with Crippen LogP contribution in [0.15, 0.2) is 24.3 Å². The van der Waals surface area contributed by atoms with Gasteiger partial charge in [-0.25, -0.2) is 0 Å². The molecule has 1 heterocycles. The van der Waals surface area contributed by atoms with Gasteiger partial charge in [0.25, 0.3) is 0 Å². The Kier molecular flexibility index (Phi) is 5.15. The molecule has 3 heteroatoms. The van der Waals surface area contributed by atoms with Crippen molar-refractivity contribution in [2.45, 2.75) is 51.1 Å². The summed E-state index contributed by atoms with van der Waals surface area (Å²) in [5.41, 5.74) is 6.85. The normalized spacial score (nSPS) is 25.8. The number of hydrogen-bond donors (Lipinski definition) is 1. The first kappa shape index (κ1) is 14.9. The fourth-order valence-electron chi connectivity index (χ4n) is 4.10. The first-order valence-corrected chi connectivity index (χ1v) is 8.53. The van der Waals surface area contributed by atoms with Crippen LogP contribution in [-0.4, -0.2) is 30.6 Å². The van der Waals surface area contributed by atoms with Crippen LogP contribution in [-0.2, 0) is 6.54 Å². The third kappa shape index (κ3) is 3.58. The molecule has 0 radical (unpaired) electrons. The smallest absolute Gasteiger partial charge is 0.123 e. The van der Waals surface area contributed by atoms with Gasteiger partial charge in [0.15, 0.2) is 0 Å². The van der Waals surface area contributed by atoms with Crippen LogP contribution < -0.4 is 10.5 Å². The molecule has 3 rings (SSSR count). The van der Waals surface area contributed by atoms with Gasteiger partial charge >= 0.3 is 0 Å². The van der Waals surface area contributed by atoms with Gasteiger partial charge in [-0.1, -0.05) is 24.6 Å². The third-order valence-electron chi connectivity index (χ3n) is 5.15. The maximum absolute atomic E-state index is 5.92. The summed E-state index contributed by atoms with van der Waals surface area (Å²) in [6.07, 6.45) is 8.27. The van der Waals surface area contributed by atoms with Crippen LogP contribution >= 0.6 is 0 Å². The van der Waals surface area contributed by atoms with Gasteiger partial charge in [0.1, 0.15) is 5.75 Å². The van der Waals surface area contributed by atoms with Gasteiger partial charge < -0.3 is 10.5 Å². The predicted molar refractivity (Wildman–Crippen MR) is 86.4 cm³/mol. The molecular weight excluding hydrogens is 260 g/mol. The molecule has 2 fully saturated rings. The number of rotatable bonds is 6. The van der Waals surface area contributed by atoms with E-state index in [0.717, 1.165) is 36.3 Å². The lowest BCUT2D eigenvalue weighted by atomic mass is 9.92. The van der Waals surface area contributed by atoms with Crippen molar-refractivity contribution in [1.29, 1.82) is 0 Å². The zero-order valence-corrected chi connectivity index (χ0v) is 13.0. The van der Waals surface area contributed by atoms with Crippen molar-refractivity contribution in [3.05, 3.63) is 29.8 Å². The maximum atomic E-state index is 5.92. The topological polar surface area (TPSA) is 38.5 Å². The van der Waals surface area contributed by atoms with E-state index in [4.69, 9.17) is 10.5 Å². The molecule has 0 spiro atoms. The van der Waals surface area contributed by atoms with E-state index >= 15 is 0 Å². The Morgan fingerprint density at radius 1 is 1.14 bits per heavy atom. The quantitative estimate of drug-likeness (QED) is 0.817. The van der Waals surface area contributed by atoms with Crippen LogP contribution in [0.4, 0.5) is 0 Å². The van der Waals surface area contributed by atoms with Gasteiger partial charge in [0.2, 0.25) is 0 Å². The molecule has 2 unspecified atom stereocenters. The molecule has 0 amide bonds. The highest BCUT2D eigenvalue weighted by molar-refractivity contribution is 5.32. The number of nitrogens with two attached hydrogens (primary N) is 1. The molecule has 1 aliphatic heterocycles. The Hall–Kier alpha value is -1.06. The number of benzene rings is 1. The SMILES string of the molecule is NCc1ccccc1OCCCN1CCCC2CCCC21. The summed E-state index contributed by atoms with van der Waals surface area (Å²) in [7, 11) is 0. The lowest BCUT2D eigenvalue weighted by Gasteiger charge is -2.37. The Bertz CT molecular complexity index is 449. The number of likely N-dealkylation sites (tertiary alicyclic amines) is 1. The van der Waals surface area contributed by atoms with Gasteiger partial charge in [-0.05, 0) is 50.6 Å². The first-order chi connectivity index (χ1) is 10.4. The van der Waals surface area contributed by atoms with Gasteiger partial charge in [-0.2, -0.15) is 0 Å². The minimum absolute atomic E-state index is 0.548. The van der Waals surface area contributed by atoms with Crippen LogP contribution in [0.5, 0.6) is 5.75 Å². The Balaban J connectivity index is 1.43. The van der Waals surface area contributed by atoms with E-state index in [1.54, 1.807) is 0 Å². The summed E-state index contributed by atoms with van der Waals surface area (Å²) in [6, 6.07) is 8.97. The molecule has 1 aromatic carbocycles. The summed E-state index contributed by atoms with van der Waals surface area (Å²) in [5, 5.41) is 0. The minimum Gasteiger partial charge on any atom is -0.493 e. The minimum atomic E-state index is 0.548. The molecule has 2 N–H and O–H groups in total. The van der Waals surface area contributed by atoms with Gasteiger partial charge in [0, 0.05) is 24.7 Å². The number of nitrogens with zero attached hydrogens (tertiary/aromatic N) is 1. The molecule has 2 atom stereocenters. The first-order valence-electron chi connectivity index (χ1n) is 8.53. The van der Waals surface area contributed by atoms with Crippen LogP contribution in [0.1, 0.15) is 44.1 Å². The lowest BCUT2D eigenvalue weighted by molar-refractivity contribution is 0.106. The van der Waals surface area contributed by atoms with Crippen molar-refractivity contribution in [3.8, 4) is 5.75 Å². The number of para-hydroxylation sites is 1. The van der Waals surface area contributed by atoms with Crippen LogP contribution in [0.25, 0.3) is 0 Å². The largest absolute Gasteiger partial charge is 0.493 e. The van der Waals surface area contributed by atoms with E-state index in [0.29, 0.717) is 6.54 Å². The summed E-state index contributed by atoms with van der Waals surface area (Å²) < 4.78 is 5.92. The van der Waals surface area contributed by atoms with E-state index in [-0.39, 0.29) is 0 Å². The highest BCUT2D eigenvalue weighted by Crippen LogP contribution is 2.36. The van der Waals surface area contributed by atoms with E-state index in [9.17, 15) is 0 Å². The van der Waals surface area contributed by atoms with Gasteiger partial charge in [0.05, 0.1) is 6.61 Å². The summed E-state index contributed by atoms with van der Waals surface area (Å²) in [5.74, 6) is 1.94. The highest BCUT2D eigenvalue weighted by atomic mass is 16.5. The molecule has 116 valence electrons. The van der Waals surface area contributed by atoms with Crippen molar-refractivity contribution >= 4 is 0 Å². The van der Waals surface area contributed by atoms with Gasteiger partial charge in [-0.15, -0.1) is 0 Å². The monoisotopic (exact) mass is 288 g/mol. The molecule has 1 aromatic rings. The molecule has 1 aliphatic carbocycles. The average molecular weight is 288 g/mol. The molecule has 2 aliphatic rings. The maximum Gasteiger partial charge on any atom is 0.123 e. The predicted octanol–water partition coefficient (Wildman–Crippen LogP) is 3.18. The third-order valence-corrected chi connectivity index (χ3v) is 5.15. The number of piperidine rings is 1. The zero-order valence-electron chi connectivity index (χ0n) is 13.0. The van der Waals surface area contributed by atoms with Crippen molar-refractivity contribution in [2.75, 3.05) is 19.7 Å². The van der Waals surface area contributed by atoms with Crippen molar-refractivity contribution < 1.29 is 4.74 Å². The average Bonchev–Trinajstić information content (AvgIpc) is 3.01. The van der Waals surface area contributed by atoms with E-state index in [1.165, 1.54) is 45.2 Å². The standard InChI is InChI=1S/C18H28N2O/c19-14-16-6-1-2-10-18(16)21-13-5-12-20-11-4-8-15-7-3-9-17(15)20/h1-2,6,10,15,17H,3-5,7-9,11-14,19H2.